The number of amides is 2. The lowest BCUT2D eigenvalue weighted by Gasteiger charge is -2.36. The average molecular weight is 453 g/mol. The zero-order chi connectivity index (χ0) is 23.4. The van der Waals surface area contributed by atoms with E-state index in [-0.39, 0.29) is 36.0 Å². The van der Waals surface area contributed by atoms with Crippen molar-refractivity contribution >= 4 is 17.6 Å². The van der Waals surface area contributed by atoms with Crippen molar-refractivity contribution in [3.8, 4) is 0 Å². The number of carbonyl (C=O) groups is 2. The maximum absolute atomic E-state index is 12.5. The van der Waals surface area contributed by atoms with Crippen molar-refractivity contribution in [2.45, 2.75) is 38.0 Å². The number of carbonyl (C=O) groups excluding carboxylic acids is 2. The summed E-state index contributed by atoms with van der Waals surface area (Å²) in [5, 5.41) is 16.5. The molecule has 2 aromatic rings. The topological polar surface area (TPSA) is 111 Å². The Morgan fingerprint density at radius 3 is 2.73 bits per heavy atom. The summed E-state index contributed by atoms with van der Waals surface area (Å²) in [6.45, 7) is 2.36. The molecule has 0 spiro atoms. The summed E-state index contributed by atoms with van der Waals surface area (Å²) < 4.78 is 0. The molecule has 1 aliphatic carbocycles. The number of anilines is 1. The summed E-state index contributed by atoms with van der Waals surface area (Å²) in [4.78, 5) is 36.6. The number of rotatable bonds is 8. The SMILES string of the molecule is CN(C)C(=O)[C@H]1C[C@@H](Nc2cc(C(=O)NC[C@H](O)CN3CCc4ccccc4C3)ncn2)C1. The Morgan fingerprint density at radius 2 is 1.97 bits per heavy atom. The lowest BCUT2D eigenvalue weighted by Crippen LogP contribution is -2.44. The Labute approximate surface area is 194 Å². The molecule has 1 atom stereocenters. The highest BCUT2D eigenvalue weighted by atomic mass is 16.3. The minimum atomic E-state index is -0.667. The Kier molecular flexibility index (Phi) is 7.20. The third-order valence-electron chi connectivity index (χ3n) is 6.36. The average Bonchev–Trinajstić information content (AvgIpc) is 2.79. The highest BCUT2D eigenvalue weighted by Gasteiger charge is 2.35. The quantitative estimate of drug-likeness (QED) is 0.546. The molecular weight excluding hydrogens is 420 g/mol. The van der Waals surface area contributed by atoms with E-state index in [1.54, 1.807) is 25.1 Å². The standard InChI is InChI=1S/C24H32N6O3/c1-29(2)24(33)18-9-19(10-18)28-22-11-21(26-15-27-22)23(32)25-12-20(31)14-30-8-7-16-5-3-4-6-17(16)13-30/h3-6,11,15,18-20,31H,7-10,12-14H2,1-2H3,(H,25,32)(H,26,27,28)/t18-,19+,20-/m0/s1. The van der Waals surface area contributed by atoms with Crippen molar-refractivity contribution in [3.05, 3.63) is 53.5 Å². The molecule has 9 heteroatoms. The predicted molar refractivity (Wildman–Crippen MR) is 125 cm³/mol. The summed E-state index contributed by atoms with van der Waals surface area (Å²) in [5.74, 6) is 0.390. The lowest BCUT2D eigenvalue weighted by molar-refractivity contribution is -0.135. The molecule has 1 aliphatic heterocycles. The highest BCUT2D eigenvalue weighted by Crippen LogP contribution is 2.31. The van der Waals surface area contributed by atoms with Crippen molar-refractivity contribution in [1.82, 2.24) is 25.1 Å². The monoisotopic (exact) mass is 452 g/mol. The lowest BCUT2D eigenvalue weighted by atomic mass is 9.79. The summed E-state index contributed by atoms with van der Waals surface area (Å²) in [5.41, 5.74) is 2.91. The summed E-state index contributed by atoms with van der Waals surface area (Å²) >= 11 is 0. The Morgan fingerprint density at radius 1 is 1.21 bits per heavy atom. The van der Waals surface area contributed by atoms with Crippen molar-refractivity contribution < 1.29 is 14.7 Å². The van der Waals surface area contributed by atoms with E-state index in [9.17, 15) is 14.7 Å². The maximum atomic E-state index is 12.5. The predicted octanol–water partition coefficient (Wildman–Crippen LogP) is 0.904. The van der Waals surface area contributed by atoms with E-state index in [1.165, 1.54) is 17.5 Å². The zero-order valence-corrected chi connectivity index (χ0v) is 19.2. The molecule has 1 fully saturated rings. The summed E-state index contributed by atoms with van der Waals surface area (Å²) in [6.07, 6.45) is 3.14. The van der Waals surface area contributed by atoms with Crippen LogP contribution in [0.15, 0.2) is 36.7 Å². The number of hydrogen-bond donors (Lipinski definition) is 3. The smallest absolute Gasteiger partial charge is 0.270 e. The second-order valence-electron chi connectivity index (χ2n) is 9.15. The first-order chi connectivity index (χ1) is 15.9. The van der Waals surface area contributed by atoms with Crippen molar-refractivity contribution in [1.29, 1.82) is 0 Å². The molecule has 0 saturated heterocycles. The molecule has 2 amide bonds. The minimum Gasteiger partial charge on any atom is -0.390 e. The van der Waals surface area contributed by atoms with E-state index in [1.807, 2.05) is 6.07 Å². The first-order valence-corrected chi connectivity index (χ1v) is 11.4. The highest BCUT2D eigenvalue weighted by molar-refractivity contribution is 5.92. The first kappa shape index (κ1) is 23.1. The van der Waals surface area contributed by atoms with Gasteiger partial charge in [0, 0.05) is 58.3 Å². The van der Waals surface area contributed by atoms with Crippen LogP contribution < -0.4 is 10.6 Å². The van der Waals surface area contributed by atoms with Crippen LogP contribution in [0.5, 0.6) is 0 Å². The van der Waals surface area contributed by atoms with Gasteiger partial charge in [-0.15, -0.1) is 0 Å². The van der Waals surface area contributed by atoms with Crippen LogP contribution in [0.4, 0.5) is 5.82 Å². The molecule has 2 heterocycles. The van der Waals surface area contributed by atoms with Crippen LogP contribution in [-0.4, -0.2) is 82.6 Å². The molecule has 3 N–H and O–H groups in total. The van der Waals surface area contributed by atoms with E-state index in [4.69, 9.17) is 0 Å². The van der Waals surface area contributed by atoms with E-state index >= 15 is 0 Å². The van der Waals surface area contributed by atoms with Gasteiger partial charge < -0.3 is 20.6 Å². The van der Waals surface area contributed by atoms with Crippen LogP contribution in [0.2, 0.25) is 0 Å². The maximum Gasteiger partial charge on any atom is 0.270 e. The molecule has 0 unspecified atom stereocenters. The van der Waals surface area contributed by atoms with E-state index < -0.39 is 6.10 Å². The number of aliphatic hydroxyl groups is 1. The van der Waals surface area contributed by atoms with Gasteiger partial charge in [-0.2, -0.15) is 0 Å². The van der Waals surface area contributed by atoms with Gasteiger partial charge in [0.15, 0.2) is 0 Å². The number of β-amino-alcohol motifs (C(OH)–C–C–N with tert-alkyl or cyclic N) is 1. The molecule has 0 radical (unpaired) electrons. The molecule has 0 bridgehead atoms. The van der Waals surface area contributed by atoms with Crippen molar-refractivity contribution in [2.24, 2.45) is 5.92 Å². The third-order valence-corrected chi connectivity index (χ3v) is 6.36. The van der Waals surface area contributed by atoms with Gasteiger partial charge >= 0.3 is 0 Å². The van der Waals surface area contributed by atoms with Gasteiger partial charge in [0.05, 0.1) is 6.10 Å². The molecule has 4 rings (SSSR count). The number of nitrogens with zero attached hydrogens (tertiary/aromatic N) is 4. The fraction of sp³-hybridized carbons (Fsp3) is 0.500. The molecule has 2 aliphatic rings. The van der Waals surface area contributed by atoms with Crippen LogP contribution in [0.1, 0.15) is 34.5 Å². The summed E-state index contributed by atoms with van der Waals surface area (Å²) in [7, 11) is 3.53. The fourth-order valence-electron chi connectivity index (χ4n) is 4.45. The van der Waals surface area contributed by atoms with Crippen LogP contribution >= 0.6 is 0 Å². The first-order valence-electron chi connectivity index (χ1n) is 11.4. The van der Waals surface area contributed by atoms with Crippen LogP contribution in [0, 0.1) is 5.92 Å². The number of nitrogens with one attached hydrogen (secondary N) is 2. The second kappa shape index (κ2) is 10.3. The molecule has 1 aromatic carbocycles. The second-order valence-corrected chi connectivity index (χ2v) is 9.15. The molecule has 33 heavy (non-hydrogen) atoms. The molecule has 1 saturated carbocycles. The Bertz CT molecular complexity index is 992. The largest absolute Gasteiger partial charge is 0.390 e. The molecule has 176 valence electrons. The zero-order valence-electron chi connectivity index (χ0n) is 19.2. The number of aromatic nitrogens is 2. The van der Waals surface area contributed by atoms with Crippen molar-refractivity contribution in [3.63, 3.8) is 0 Å². The Balaban J connectivity index is 1.22. The minimum absolute atomic E-state index is 0.0389. The normalized spacial score (nSPS) is 20.8. The van der Waals surface area contributed by atoms with Gasteiger partial charge in [-0.3, -0.25) is 14.5 Å². The fourth-order valence-corrected chi connectivity index (χ4v) is 4.45. The summed E-state index contributed by atoms with van der Waals surface area (Å²) in [6, 6.07) is 10.1. The van der Waals surface area contributed by atoms with Gasteiger partial charge in [0.1, 0.15) is 17.8 Å². The third kappa shape index (κ3) is 5.85. The van der Waals surface area contributed by atoms with Crippen LogP contribution in [0.3, 0.4) is 0 Å². The number of aliphatic hydroxyl groups excluding tert-OH is 1. The van der Waals surface area contributed by atoms with Gasteiger partial charge in [-0.05, 0) is 30.4 Å². The molecular formula is C24H32N6O3. The Hall–Kier alpha value is -3.04. The van der Waals surface area contributed by atoms with Gasteiger partial charge in [-0.25, -0.2) is 9.97 Å². The van der Waals surface area contributed by atoms with Gasteiger partial charge in [-0.1, -0.05) is 24.3 Å². The van der Waals surface area contributed by atoms with E-state index in [0.29, 0.717) is 12.4 Å². The van der Waals surface area contributed by atoms with Gasteiger partial charge in [0.2, 0.25) is 5.91 Å². The number of fused-ring (bicyclic) bond motifs is 1. The number of benzene rings is 1. The molecule has 1 aromatic heterocycles. The van der Waals surface area contributed by atoms with Crippen LogP contribution in [-0.2, 0) is 17.8 Å². The van der Waals surface area contributed by atoms with Crippen molar-refractivity contribution in [2.75, 3.05) is 39.0 Å². The van der Waals surface area contributed by atoms with E-state index in [2.05, 4.69) is 43.7 Å². The van der Waals surface area contributed by atoms with Gasteiger partial charge in [0.25, 0.3) is 5.91 Å². The van der Waals surface area contributed by atoms with E-state index in [0.717, 1.165) is 32.4 Å². The van der Waals surface area contributed by atoms with Crippen LogP contribution in [0.25, 0.3) is 0 Å². The molecule has 9 nitrogen and oxygen atoms in total. The number of hydrogen-bond acceptors (Lipinski definition) is 7.